The Labute approximate surface area is 94.6 Å². The molecule has 0 aromatic heterocycles. The van der Waals surface area contributed by atoms with Crippen molar-refractivity contribution in [2.24, 2.45) is 0 Å². The number of halogens is 2. The topological polar surface area (TPSA) is 12.0 Å². The second-order valence-electron chi connectivity index (χ2n) is 3.43. The highest BCUT2D eigenvalue weighted by Gasteiger charge is 2.03. The van der Waals surface area contributed by atoms with Gasteiger partial charge in [0.1, 0.15) is 5.82 Å². The van der Waals surface area contributed by atoms with Crippen molar-refractivity contribution < 1.29 is 4.39 Å². The Balaban J connectivity index is 2.55. The molecule has 0 aliphatic heterocycles. The van der Waals surface area contributed by atoms with Crippen molar-refractivity contribution >= 4 is 11.6 Å². The van der Waals surface area contributed by atoms with Crippen LogP contribution in [0.5, 0.6) is 0 Å². The monoisotopic (exact) mass is 225 g/mol. The lowest BCUT2D eigenvalue weighted by molar-refractivity contribution is 0.558. The van der Waals surface area contributed by atoms with Crippen LogP contribution in [0.3, 0.4) is 0 Å². The van der Waals surface area contributed by atoms with Gasteiger partial charge in [-0.2, -0.15) is 0 Å². The molecule has 0 saturated carbocycles. The zero-order valence-corrected chi connectivity index (χ0v) is 9.31. The lowest BCUT2D eigenvalue weighted by atomic mass is 10.2. The van der Waals surface area contributed by atoms with Crippen LogP contribution in [0.15, 0.2) is 18.2 Å². The fourth-order valence-corrected chi connectivity index (χ4v) is 1.43. The molecule has 1 unspecified atom stereocenters. The first-order valence-electron chi connectivity index (χ1n) is 4.74. The van der Waals surface area contributed by atoms with Gasteiger partial charge >= 0.3 is 0 Å². The van der Waals surface area contributed by atoms with Crippen LogP contribution in [0.4, 0.5) is 4.39 Å². The lowest BCUT2D eigenvalue weighted by Gasteiger charge is -2.11. The highest BCUT2D eigenvalue weighted by atomic mass is 35.5. The highest BCUT2D eigenvalue weighted by molar-refractivity contribution is 6.31. The zero-order chi connectivity index (χ0) is 11.3. The van der Waals surface area contributed by atoms with Crippen molar-refractivity contribution in [3.63, 3.8) is 0 Å². The van der Waals surface area contributed by atoms with Crippen molar-refractivity contribution in [2.45, 2.75) is 25.9 Å². The predicted octanol–water partition coefficient (Wildman–Crippen LogP) is 2.98. The molecule has 0 amide bonds. The first kappa shape index (κ1) is 12.0. The third-order valence-electron chi connectivity index (χ3n) is 2.08. The molecule has 0 fully saturated rings. The van der Waals surface area contributed by atoms with Crippen LogP contribution in [0.1, 0.15) is 18.9 Å². The minimum atomic E-state index is -0.319. The van der Waals surface area contributed by atoms with Crippen LogP contribution >= 0.6 is 11.6 Å². The van der Waals surface area contributed by atoms with E-state index in [0.29, 0.717) is 18.0 Å². The van der Waals surface area contributed by atoms with E-state index in [0.717, 1.165) is 5.56 Å². The fourth-order valence-electron chi connectivity index (χ4n) is 1.20. The van der Waals surface area contributed by atoms with Crippen molar-refractivity contribution in [1.82, 2.24) is 5.32 Å². The van der Waals surface area contributed by atoms with Crippen molar-refractivity contribution in [3.05, 3.63) is 34.6 Å². The molecule has 0 spiro atoms. The summed E-state index contributed by atoms with van der Waals surface area (Å²) < 4.78 is 12.7. The molecule has 0 saturated heterocycles. The van der Waals surface area contributed by atoms with E-state index in [1.54, 1.807) is 6.07 Å². The van der Waals surface area contributed by atoms with E-state index in [2.05, 4.69) is 11.2 Å². The number of nitrogens with one attached hydrogen (secondary N) is 1. The van der Waals surface area contributed by atoms with Crippen molar-refractivity contribution in [2.75, 3.05) is 0 Å². The Morgan fingerprint density at radius 2 is 2.33 bits per heavy atom. The molecule has 0 radical (unpaired) electrons. The first-order chi connectivity index (χ1) is 7.13. The minimum absolute atomic E-state index is 0.233. The summed E-state index contributed by atoms with van der Waals surface area (Å²) in [4.78, 5) is 0. The van der Waals surface area contributed by atoms with Gasteiger partial charge in [0.05, 0.1) is 0 Å². The molecular formula is C12H13ClFN. The van der Waals surface area contributed by atoms with Gasteiger partial charge < -0.3 is 5.32 Å². The van der Waals surface area contributed by atoms with E-state index in [-0.39, 0.29) is 11.9 Å². The molecule has 0 bridgehead atoms. The summed E-state index contributed by atoms with van der Waals surface area (Å²) in [5.74, 6) is 2.25. The van der Waals surface area contributed by atoms with E-state index in [4.69, 9.17) is 18.0 Å². The second-order valence-corrected chi connectivity index (χ2v) is 3.83. The molecule has 1 nitrogen and oxygen atoms in total. The predicted molar refractivity (Wildman–Crippen MR) is 61.2 cm³/mol. The second kappa shape index (κ2) is 5.75. The molecule has 0 aliphatic rings. The summed E-state index contributed by atoms with van der Waals surface area (Å²) in [6.45, 7) is 2.60. The third-order valence-corrected chi connectivity index (χ3v) is 2.43. The molecule has 15 heavy (non-hydrogen) atoms. The summed E-state index contributed by atoms with van der Waals surface area (Å²) in [6, 6.07) is 4.61. The molecule has 0 heterocycles. The Morgan fingerprint density at radius 1 is 1.60 bits per heavy atom. The maximum atomic E-state index is 12.7. The van der Waals surface area contributed by atoms with Crippen LogP contribution in [-0.2, 0) is 6.54 Å². The summed E-state index contributed by atoms with van der Waals surface area (Å²) in [6.07, 6.45) is 5.85. The Bertz CT molecular complexity index is 370. The molecule has 1 rings (SSSR count). The van der Waals surface area contributed by atoms with Gasteiger partial charge in [-0.1, -0.05) is 17.7 Å². The van der Waals surface area contributed by atoms with Gasteiger partial charge in [-0.05, 0) is 24.6 Å². The number of rotatable bonds is 4. The van der Waals surface area contributed by atoms with Gasteiger partial charge in [0.25, 0.3) is 0 Å². The van der Waals surface area contributed by atoms with Gasteiger partial charge in [0.15, 0.2) is 0 Å². The maximum absolute atomic E-state index is 12.7. The van der Waals surface area contributed by atoms with E-state index in [9.17, 15) is 4.39 Å². The van der Waals surface area contributed by atoms with E-state index in [1.165, 1.54) is 12.1 Å². The molecule has 80 valence electrons. The van der Waals surface area contributed by atoms with Gasteiger partial charge in [-0.25, -0.2) is 4.39 Å². The fraction of sp³-hybridized carbons (Fsp3) is 0.333. The quantitative estimate of drug-likeness (QED) is 0.777. The highest BCUT2D eigenvalue weighted by Crippen LogP contribution is 2.17. The molecule has 1 N–H and O–H groups in total. The largest absolute Gasteiger partial charge is 0.309 e. The standard InChI is InChI=1S/C12H13ClFN/c1-3-4-9(2)15-8-10-5-6-11(14)7-12(10)13/h1,5-7,9,15H,4,8H2,2H3. The summed E-state index contributed by atoms with van der Waals surface area (Å²) in [7, 11) is 0. The van der Waals surface area contributed by atoms with Gasteiger partial charge in [-0.15, -0.1) is 12.3 Å². The van der Waals surface area contributed by atoms with E-state index in [1.807, 2.05) is 6.92 Å². The van der Waals surface area contributed by atoms with Crippen LogP contribution < -0.4 is 5.32 Å². The van der Waals surface area contributed by atoms with Gasteiger partial charge in [0.2, 0.25) is 0 Å². The zero-order valence-electron chi connectivity index (χ0n) is 8.56. The van der Waals surface area contributed by atoms with Crippen LogP contribution in [0.25, 0.3) is 0 Å². The molecular weight excluding hydrogens is 213 g/mol. The lowest BCUT2D eigenvalue weighted by Crippen LogP contribution is -2.24. The average Bonchev–Trinajstić information content (AvgIpc) is 2.17. The average molecular weight is 226 g/mol. The summed E-state index contributed by atoms with van der Waals surface area (Å²) in [5.41, 5.74) is 0.877. The summed E-state index contributed by atoms with van der Waals surface area (Å²) in [5, 5.41) is 3.65. The van der Waals surface area contributed by atoms with Crippen LogP contribution in [0, 0.1) is 18.2 Å². The number of hydrogen-bond donors (Lipinski definition) is 1. The molecule has 1 aromatic carbocycles. The first-order valence-corrected chi connectivity index (χ1v) is 5.12. The van der Waals surface area contributed by atoms with Gasteiger partial charge in [0, 0.05) is 24.0 Å². The van der Waals surface area contributed by atoms with Crippen LogP contribution in [-0.4, -0.2) is 6.04 Å². The maximum Gasteiger partial charge on any atom is 0.124 e. The van der Waals surface area contributed by atoms with E-state index >= 15 is 0 Å². The van der Waals surface area contributed by atoms with Crippen molar-refractivity contribution in [1.29, 1.82) is 0 Å². The Morgan fingerprint density at radius 3 is 2.93 bits per heavy atom. The normalized spacial score (nSPS) is 12.1. The number of hydrogen-bond acceptors (Lipinski definition) is 1. The smallest absolute Gasteiger partial charge is 0.124 e. The summed E-state index contributed by atoms with van der Waals surface area (Å²) >= 11 is 5.87. The molecule has 1 aromatic rings. The molecule has 1 atom stereocenters. The Kier molecular flexibility index (Phi) is 4.61. The number of terminal acetylenes is 1. The SMILES string of the molecule is C#CCC(C)NCc1ccc(F)cc1Cl. The van der Waals surface area contributed by atoms with Crippen molar-refractivity contribution in [3.8, 4) is 12.3 Å². The molecule has 3 heteroatoms. The minimum Gasteiger partial charge on any atom is -0.309 e. The third kappa shape index (κ3) is 3.91. The van der Waals surface area contributed by atoms with E-state index < -0.39 is 0 Å². The number of benzene rings is 1. The Hall–Kier alpha value is -1.04. The van der Waals surface area contributed by atoms with Gasteiger partial charge in [-0.3, -0.25) is 0 Å². The van der Waals surface area contributed by atoms with Crippen LogP contribution in [0.2, 0.25) is 5.02 Å². The molecule has 0 aliphatic carbocycles.